The van der Waals surface area contributed by atoms with Gasteiger partial charge in [-0.1, -0.05) is 54.2 Å². The summed E-state index contributed by atoms with van der Waals surface area (Å²) in [7, 11) is 0. The Hall–Kier alpha value is -2.80. The minimum atomic E-state index is -2.45. The van der Waals surface area contributed by atoms with Crippen LogP contribution in [0.5, 0.6) is 0 Å². The number of rotatable bonds is 5. The van der Waals surface area contributed by atoms with Gasteiger partial charge < -0.3 is 4.74 Å². The van der Waals surface area contributed by atoms with E-state index < -0.39 is 17.4 Å². The van der Waals surface area contributed by atoms with Crippen molar-refractivity contribution in [2.75, 3.05) is 6.61 Å². The highest BCUT2D eigenvalue weighted by Gasteiger charge is 2.26. The van der Waals surface area contributed by atoms with E-state index in [0.29, 0.717) is 16.7 Å². The van der Waals surface area contributed by atoms with Gasteiger partial charge in [0.15, 0.2) is 0 Å². The van der Waals surface area contributed by atoms with Crippen LogP contribution >= 0.6 is 11.8 Å². The summed E-state index contributed by atoms with van der Waals surface area (Å²) in [5, 5.41) is 0. The summed E-state index contributed by atoms with van der Waals surface area (Å²) < 4.78 is 58.1. The molecule has 3 aromatic rings. The number of thioether (sulfide) groups is 1. The number of hydrogen-bond donors (Lipinski definition) is 0. The molecule has 1 unspecified atom stereocenters. The molecular formula is C22H15F4NOS. The summed E-state index contributed by atoms with van der Waals surface area (Å²) in [6.07, 6.45) is 0. The zero-order valence-electron chi connectivity index (χ0n) is 15.0. The topological polar surface area (TPSA) is 21.6 Å². The maximum atomic E-state index is 13.9. The molecule has 0 spiro atoms. The van der Waals surface area contributed by atoms with Gasteiger partial charge in [-0.2, -0.15) is 8.78 Å². The molecule has 1 atom stereocenters. The molecule has 0 saturated heterocycles. The molecule has 0 saturated carbocycles. The van der Waals surface area contributed by atoms with Crippen molar-refractivity contribution in [3.63, 3.8) is 0 Å². The molecule has 0 aliphatic carbocycles. The van der Waals surface area contributed by atoms with Crippen molar-refractivity contribution in [3.05, 3.63) is 89.5 Å². The summed E-state index contributed by atoms with van der Waals surface area (Å²) in [6, 6.07) is 17.7. The third kappa shape index (κ3) is 4.29. The van der Waals surface area contributed by atoms with Gasteiger partial charge >= 0.3 is 0 Å². The molecule has 0 N–H and O–H groups in total. The maximum Gasteiger partial charge on any atom is 0.288 e. The molecule has 0 bridgehead atoms. The Bertz CT molecular complexity index is 1020. The average molecular weight is 417 g/mol. The van der Waals surface area contributed by atoms with E-state index in [1.807, 2.05) is 24.3 Å². The SMILES string of the molecule is Fc1cccc(F)c1C1=NC(c2ccc(-c3ccc(SC(F)F)cc3)cc2)CO1. The molecular weight excluding hydrogens is 402 g/mol. The molecule has 4 rings (SSSR count). The van der Waals surface area contributed by atoms with Crippen molar-refractivity contribution in [1.29, 1.82) is 0 Å². The van der Waals surface area contributed by atoms with Gasteiger partial charge in [-0.15, -0.1) is 0 Å². The van der Waals surface area contributed by atoms with Gasteiger partial charge in [-0.25, -0.2) is 13.8 Å². The first kappa shape index (κ1) is 19.5. The second kappa shape index (κ2) is 8.29. The Labute approximate surface area is 169 Å². The first-order chi connectivity index (χ1) is 14.0. The average Bonchev–Trinajstić information content (AvgIpc) is 3.18. The van der Waals surface area contributed by atoms with Crippen LogP contribution in [0.4, 0.5) is 17.6 Å². The summed E-state index contributed by atoms with van der Waals surface area (Å²) in [5.74, 6) is -3.92. The lowest BCUT2D eigenvalue weighted by Gasteiger charge is -2.08. The number of ether oxygens (including phenoxy) is 1. The van der Waals surface area contributed by atoms with E-state index in [9.17, 15) is 17.6 Å². The van der Waals surface area contributed by atoms with Gasteiger partial charge in [-0.05, 0) is 41.0 Å². The van der Waals surface area contributed by atoms with Crippen LogP contribution in [0.3, 0.4) is 0 Å². The smallest absolute Gasteiger partial charge is 0.288 e. The summed E-state index contributed by atoms with van der Waals surface area (Å²) in [4.78, 5) is 4.84. The Balaban J connectivity index is 1.52. The highest BCUT2D eigenvalue weighted by atomic mass is 32.2. The van der Waals surface area contributed by atoms with Crippen LogP contribution in [0, 0.1) is 11.6 Å². The van der Waals surface area contributed by atoms with Gasteiger partial charge in [0.2, 0.25) is 5.90 Å². The summed E-state index contributed by atoms with van der Waals surface area (Å²) in [6.45, 7) is 0.196. The minimum Gasteiger partial charge on any atom is -0.475 e. The number of alkyl halides is 2. The second-order valence-electron chi connectivity index (χ2n) is 6.38. The fourth-order valence-electron chi connectivity index (χ4n) is 3.11. The van der Waals surface area contributed by atoms with Gasteiger partial charge in [0, 0.05) is 4.90 Å². The third-order valence-corrected chi connectivity index (χ3v) is 5.26. The van der Waals surface area contributed by atoms with E-state index in [1.165, 1.54) is 6.07 Å². The second-order valence-corrected chi connectivity index (χ2v) is 7.45. The van der Waals surface area contributed by atoms with Gasteiger partial charge in [0.1, 0.15) is 29.8 Å². The van der Waals surface area contributed by atoms with Crippen LogP contribution in [-0.4, -0.2) is 18.3 Å². The lowest BCUT2D eigenvalue weighted by Crippen LogP contribution is -2.07. The fraction of sp³-hybridized carbons (Fsp3) is 0.136. The Morgan fingerprint density at radius 1 is 0.862 bits per heavy atom. The zero-order chi connectivity index (χ0) is 20.4. The first-order valence-electron chi connectivity index (χ1n) is 8.81. The van der Waals surface area contributed by atoms with E-state index in [4.69, 9.17) is 4.74 Å². The molecule has 7 heteroatoms. The van der Waals surface area contributed by atoms with E-state index in [1.54, 1.807) is 24.3 Å². The maximum absolute atomic E-state index is 13.9. The van der Waals surface area contributed by atoms with Crippen LogP contribution in [0.2, 0.25) is 0 Å². The van der Waals surface area contributed by atoms with Crippen molar-refractivity contribution < 1.29 is 22.3 Å². The number of nitrogens with zero attached hydrogens (tertiary/aromatic N) is 1. The molecule has 1 aliphatic rings. The molecule has 3 aromatic carbocycles. The van der Waals surface area contributed by atoms with Gasteiger partial charge in [0.05, 0.1) is 0 Å². The van der Waals surface area contributed by atoms with Crippen LogP contribution in [0.15, 0.2) is 76.6 Å². The molecule has 1 aliphatic heterocycles. The largest absolute Gasteiger partial charge is 0.475 e. The first-order valence-corrected chi connectivity index (χ1v) is 9.69. The Kier molecular flexibility index (Phi) is 5.58. The van der Waals surface area contributed by atoms with Crippen molar-refractivity contribution >= 4 is 17.7 Å². The normalized spacial score (nSPS) is 16.0. The number of halogens is 4. The predicted octanol–water partition coefficient (Wildman–Crippen LogP) is 6.46. The number of hydrogen-bond acceptors (Lipinski definition) is 3. The minimum absolute atomic E-state index is 0.0400. The Morgan fingerprint density at radius 3 is 2.03 bits per heavy atom. The summed E-state index contributed by atoms with van der Waals surface area (Å²) in [5.41, 5.74) is 2.42. The molecule has 0 fully saturated rings. The monoisotopic (exact) mass is 417 g/mol. The molecule has 1 heterocycles. The van der Waals surface area contributed by atoms with Crippen LogP contribution in [0.25, 0.3) is 11.1 Å². The van der Waals surface area contributed by atoms with E-state index in [-0.39, 0.29) is 24.1 Å². The zero-order valence-corrected chi connectivity index (χ0v) is 15.8. The van der Waals surface area contributed by atoms with E-state index in [0.717, 1.165) is 28.8 Å². The van der Waals surface area contributed by atoms with Crippen molar-refractivity contribution in [2.24, 2.45) is 4.99 Å². The third-order valence-electron chi connectivity index (χ3n) is 4.54. The lowest BCUT2D eigenvalue weighted by atomic mass is 10.0. The number of aliphatic imine (C=N–C) groups is 1. The van der Waals surface area contributed by atoms with Gasteiger partial charge in [-0.3, -0.25) is 0 Å². The molecule has 29 heavy (non-hydrogen) atoms. The fourth-order valence-corrected chi connectivity index (χ4v) is 3.61. The van der Waals surface area contributed by atoms with Gasteiger partial charge in [0.25, 0.3) is 5.76 Å². The molecule has 2 nitrogen and oxygen atoms in total. The van der Waals surface area contributed by atoms with Crippen molar-refractivity contribution in [3.8, 4) is 11.1 Å². The summed E-state index contributed by atoms with van der Waals surface area (Å²) >= 11 is 0.507. The van der Waals surface area contributed by atoms with E-state index in [2.05, 4.69) is 4.99 Å². The van der Waals surface area contributed by atoms with Crippen LogP contribution < -0.4 is 0 Å². The van der Waals surface area contributed by atoms with Crippen LogP contribution in [0.1, 0.15) is 17.2 Å². The van der Waals surface area contributed by atoms with Crippen molar-refractivity contribution in [2.45, 2.75) is 16.7 Å². The Morgan fingerprint density at radius 2 is 1.45 bits per heavy atom. The lowest BCUT2D eigenvalue weighted by molar-refractivity contribution is 0.252. The predicted molar refractivity (Wildman–Crippen MR) is 105 cm³/mol. The van der Waals surface area contributed by atoms with Crippen LogP contribution in [-0.2, 0) is 4.74 Å². The number of benzene rings is 3. The van der Waals surface area contributed by atoms with Crippen molar-refractivity contribution in [1.82, 2.24) is 0 Å². The molecule has 0 radical (unpaired) electrons. The highest BCUT2D eigenvalue weighted by Crippen LogP contribution is 2.31. The standard InChI is InChI=1S/C22H15F4NOS/c23-17-2-1-3-18(24)20(17)21-27-19(12-28-21)15-6-4-13(5-7-15)14-8-10-16(11-9-14)29-22(25)26/h1-11,19,22H,12H2. The highest BCUT2D eigenvalue weighted by molar-refractivity contribution is 7.99. The molecule has 0 aromatic heterocycles. The quantitative estimate of drug-likeness (QED) is 0.351. The van der Waals surface area contributed by atoms with E-state index >= 15 is 0 Å². The molecule has 0 amide bonds. The molecule has 148 valence electrons.